The van der Waals surface area contributed by atoms with E-state index in [1.807, 2.05) is 24.3 Å². The van der Waals surface area contributed by atoms with Crippen LogP contribution in [0.4, 0.5) is 0 Å². The lowest BCUT2D eigenvalue weighted by Crippen LogP contribution is -2.39. The number of allylic oxidation sites excluding steroid dienone is 1. The van der Waals surface area contributed by atoms with Crippen molar-refractivity contribution in [3.05, 3.63) is 97.2 Å². The summed E-state index contributed by atoms with van der Waals surface area (Å²) in [6, 6.07) is 11.9. The zero-order valence-corrected chi connectivity index (χ0v) is 21.3. The molecular weight excluding hydrogens is 480 g/mol. The summed E-state index contributed by atoms with van der Waals surface area (Å²) in [5.41, 5.74) is 1.90. The summed E-state index contributed by atoms with van der Waals surface area (Å²) in [7, 11) is 4.68. The van der Waals surface area contributed by atoms with Crippen LogP contribution in [-0.4, -0.2) is 38.5 Å². The Morgan fingerprint density at radius 3 is 2.50 bits per heavy atom. The highest BCUT2D eigenvalue weighted by atomic mass is 32.1. The molecule has 186 valence electrons. The quantitative estimate of drug-likeness (QED) is 0.345. The van der Waals surface area contributed by atoms with E-state index in [0.29, 0.717) is 43.4 Å². The van der Waals surface area contributed by atoms with Crippen LogP contribution >= 0.6 is 11.3 Å². The summed E-state index contributed by atoms with van der Waals surface area (Å²) in [4.78, 5) is 31.9. The Morgan fingerprint density at radius 1 is 1.11 bits per heavy atom. The molecule has 2 aromatic carbocycles. The first-order chi connectivity index (χ1) is 17.4. The highest BCUT2D eigenvalue weighted by Crippen LogP contribution is 2.33. The second-order valence-electron chi connectivity index (χ2n) is 7.82. The van der Waals surface area contributed by atoms with Gasteiger partial charge in [0.15, 0.2) is 16.3 Å². The molecule has 1 aliphatic rings. The van der Waals surface area contributed by atoms with Crippen LogP contribution in [0, 0.1) is 0 Å². The third-order valence-electron chi connectivity index (χ3n) is 5.73. The molecular formula is C27H26N2O6S. The number of carbonyl (C=O) groups is 1. The monoisotopic (exact) mass is 506 g/mol. The average molecular weight is 507 g/mol. The molecule has 0 N–H and O–H groups in total. The molecule has 1 unspecified atom stereocenters. The molecule has 0 spiro atoms. The predicted octanol–water partition coefficient (Wildman–Crippen LogP) is 2.99. The molecule has 0 radical (unpaired) electrons. The molecule has 36 heavy (non-hydrogen) atoms. The van der Waals surface area contributed by atoms with E-state index < -0.39 is 12.0 Å². The third kappa shape index (κ3) is 4.57. The molecule has 2 heterocycles. The Morgan fingerprint density at radius 2 is 1.86 bits per heavy atom. The third-order valence-corrected chi connectivity index (χ3v) is 6.71. The van der Waals surface area contributed by atoms with E-state index in [2.05, 4.69) is 11.6 Å². The number of thiazole rings is 1. The van der Waals surface area contributed by atoms with Crippen LogP contribution in [0.1, 0.15) is 24.1 Å². The summed E-state index contributed by atoms with van der Waals surface area (Å²) < 4.78 is 23.5. The Bertz CT molecular complexity index is 1520. The first kappa shape index (κ1) is 25.0. The summed E-state index contributed by atoms with van der Waals surface area (Å²) in [6.45, 7) is 5.39. The molecule has 1 atom stereocenters. The number of aromatic nitrogens is 1. The van der Waals surface area contributed by atoms with Gasteiger partial charge in [-0.25, -0.2) is 9.79 Å². The Kier molecular flexibility index (Phi) is 7.40. The van der Waals surface area contributed by atoms with Gasteiger partial charge in [-0.2, -0.15) is 0 Å². The van der Waals surface area contributed by atoms with Gasteiger partial charge in [-0.1, -0.05) is 48.3 Å². The van der Waals surface area contributed by atoms with E-state index in [1.165, 1.54) is 22.0 Å². The van der Waals surface area contributed by atoms with Crippen LogP contribution in [-0.2, 0) is 9.53 Å². The molecule has 1 aromatic heterocycles. The van der Waals surface area contributed by atoms with Gasteiger partial charge >= 0.3 is 5.97 Å². The van der Waals surface area contributed by atoms with Gasteiger partial charge in [0.1, 0.15) is 12.4 Å². The molecule has 3 aromatic rings. The van der Waals surface area contributed by atoms with Crippen molar-refractivity contribution < 1.29 is 23.7 Å². The van der Waals surface area contributed by atoms with Gasteiger partial charge in [-0.05, 0) is 36.8 Å². The maximum Gasteiger partial charge on any atom is 0.338 e. The molecule has 8 nitrogen and oxygen atoms in total. The summed E-state index contributed by atoms with van der Waals surface area (Å²) in [5, 5.41) is 0. The van der Waals surface area contributed by atoms with Crippen LogP contribution < -0.4 is 29.1 Å². The molecule has 9 heteroatoms. The number of nitrogens with zero attached hydrogens (tertiary/aromatic N) is 2. The molecule has 0 amide bonds. The minimum absolute atomic E-state index is 0.0466. The lowest BCUT2D eigenvalue weighted by atomic mass is 9.96. The molecule has 0 fully saturated rings. The molecule has 0 aliphatic carbocycles. The number of carbonyl (C=O) groups excluding carboxylic acids is 1. The highest BCUT2D eigenvalue weighted by Gasteiger charge is 2.33. The van der Waals surface area contributed by atoms with E-state index >= 15 is 0 Å². The fourth-order valence-electron chi connectivity index (χ4n) is 4.06. The van der Waals surface area contributed by atoms with Gasteiger partial charge in [0.2, 0.25) is 0 Å². The van der Waals surface area contributed by atoms with E-state index in [9.17, 15) is 9.59 Å². The van der Waals surface area contributed by atoms with Crippen LogP contribution in [0.15, 0.2) is 76.2 Å². The number of rotatable bonds is 8. The van der Waals surface area contributed by atoms with Crippen LogP contribution in [0.5, 0.6) is 17.2 Å². The van der Waals surface area contributed by atoms with Crippen LogP contribution in [0.25, 0.3) is 6.08 Å². The fraction of sp³-hybridized carbons (Fsp3) is 0.222. The summed E-state index contributed by atoms with van der Waals surface area (Å²) in [6.07, 6.45) is 3.23. The number of para-hydroxylation sites is 1. The lowest BCUT2D eigenvalue weighted by Gasteiger charge is -2.24. The van der Waals surface area contributed by atoms with Gasteiger partial charge in [0.25, 0.3) is 5.56 Å². The van der Waals surface area contributed by atoms with E-state index in [1.54, 1.807) is 52.5 Å². The number of fused-ring (bicyclic) bond motifs is 1. The Balaban J connectivity index is 1.94. The standard InChI is InChI=1S/C27H26N2O6S/c1-6-14-35-26(31)22-16(2)28-27-29(23(22)17-10-12-19(32-3)13-11-17)25(30)21(36-27)15-18-8-7-9-20(33-4)24(18)34-5/h6-13,15,23H,1,14H2,2-5H3. The van der Waals surface area contributed by atoms with Crippen molar-refractivity contribution >= 4 is 23.4 Å². The number of hydrogen-bond acceptors (Lipinski definition) is 8. The number of ether oxygens (including phenoxy) is 4. The van der Waals surface area contributed by atoms with Crippen molar-refractivity contribution in [1.82, 2.24) is 4.57 Å². The van der Waals surface area contributed by atoms with Gasteiger partial charge in [-0.15, -0.1) is 0 Å². The normalized spacial score (nSPS) is 15.1. The number of methoxy groups -OCH3 is 3. The van der Waals surface area contributed by atoms with Crippen molar-refractivity contribution in [1.29, 1.82) is 0 Å². The maximum absolute atomic E-state index is 13.8. The minimum atomic E-state index is -0.723. The Hall–Kier alpha value is -4.11. The molecule has 0 saturated carbocycles. The maximum atomic E-state index is 13.8. The number of esters is 1. The van der Waals surface area contributed by atoms with Crippen molar-refractivity contribution in [2.75, 3.05) is 27.9 Å². The first-order valence-electron chi connectivity index (χ1n) is 11.1. The van der Waals surface area contributed by atoms with Crippen molar-refractivity contribution in [3.8, 4) is 17.2 Å². The molecule has 0 bridgehead atoms. The van der Waals surface area contributed by atoms with Crippen molar-refractivity contribution in [2.45, 2.75) is 13.0 Å². The van der Waals surface area contributed by atoms with Gasteiger partial charge in [-0.3, -0.25) is 9.36 Å². The largest absolute Gasteiger partial charge is 0.497 e. The minimum Gasteiger partial charge on any atom is -0.497 e. The average Bonchev–Trinajstić information content (AvgIpc) is 3.20. The molecule has 4 rings (SSSR count). The zero-order valence-electron chi connectivity index (χ0n) is 20.4. The van der Waals surface area contributed by atoms with Crippen LogP contribution in [0.2, 0.25) is 0 Å². The second-order valence-corrected chi connectivity index (χ2v) is 8.83. The van der Waals surface area contributed by atoms with Crippen molar-refractivity contribution in [2.24, 2.45) is 4.99 Å². The van der Waals surface area contributed by atoms with E-state index in [4.69, 9.17) is 18.9 Å². The van der Waals surface area contributed by atoms with Gasteiger partial charge in [0.05, 0.1) is 43.2 Å². The number of benzene rings is 2. The zero-order chi connectivity index (χ0) is 25.8. The van der Waals surface area contributed by atoms with E-state index in [0.717, 1.165) is 5.56 Å². The predicted molar refractivity (Wildman–Crippen MR) is 137 cm³/mol. The second kappa shape index (κ2) is 10.7. The lowest BCUT2D eigenvalue weighted by molar-refractivity contribution is -0.138. The molecule has 1 aliphatic heterocycles. The van der Waals surface area contributed by atoms with Crippen LogP contribution in [0.3, 0.4) is 0 Å². The van der Waals surface area contributed by atoms with Gasteiger partial charge < -0.3 is 18.9 Å². The van der Waals surface area contributed by atoms with Gasteiger partial charge in [0, 0.05) is 5.56 Å². The van der Waals surface area contributed by atoms with E-state index in [-0.39, 0.29) is 12.2 Å². The highest BCUT2D eigenvalue weighted by molar-refractivity contribution is 7.07. The Labute approximate surface area is 212 Å². The SMILES string of the molecule is C=CCOC(=O)C1=C(C)N=c2sc(=Cc3cccc(OC)c3OC)c(=O)n2C1c1ccc(OC)cc1. The smallest absolute Gasteiger partial charge is 0.338 e. The fourth-order valence-corrected chi connectivity index (χ4v) is 5.10. The topological polar surface area (TPSA) is 88.4 Å². The molecule has 0 saturated heterocycles. The summed E-state index contributed by atoms with van der Waals surface area (Å²) >= 11 is 1.24. The first-order valence-corrected chi connectivity index (χ1v) is 11.9. The summed E-state index contributed by atoms with van der Waals surface area (Å²) in [5.74, 6) is 1.18. The van der Waals surface area contributed by atoms with Crippen molar-refractivity contribution in [3.63, 3.8) is 0 Å². The number of hydrogen-bond donors (Lipinski definition) is 0.